The Kier molecular flexibility index (Phi) is 7.45. The van der Waals surface area contributed by atoms with Gasteiger partial charge in [0.1, 0.15) is 18.1 Å². The topological polar surface area (TPSA) is 110 Å². The lowest BCUT2D eigenvalue weighted by Crippen LogP contribution is -2.50. The zero-order valence-electron chi connectivity index (χ0n) is 24.1. The van der Waals surface area contributed by atoms with Crippen molar-refractivity contribution in [3.8, 4) is 11.1 Å². The number of hydrogen-bond acceptors (Lipinski definition) is 6. The van der Waals surface area contributed by atoms with Gasteiger partial charge >= 0.3 is 6.09 Å². The zero-order valence-corrected chi connectivity index (χ0v) is 25.9. The molecule has 0 saturated carbocycles. The highest BCUT2D eigenvalue weighted by molar-refractivity contribution is 6.76. The fourth-order valence-electron chi connectivity index (χ4n) is 6.32. The number of anilines is 1. The number of piperidine rings is 1. The van der Waals surface area contributed by atoms with Gasteiger partial charge in [0.15, 0.2) is 5.65 Å². The van der Waals surface area contributed by atoms with E-state index in [1.807, 2.05) is 33.8 Å². The van der Waals surface area contributed by atoms with Gasteiger partial charge in [-0.25, -0.2) is 14.8 Å². The van der Waals surface area contributed by atoms with Crippen LogP contribution in [0.5, 0.6) is 0 Å². The second-order valence-corrected chi connectivity index (χ2v) is 18.5. The Morgan fingerprint density at radius 3 is 2.61 bits per heavy atom. The molecular weight excluding hydrogens is 558 g/mol. The first-order valence-electron chi connectivity index (χ1n) is 14.5. The maximum Gasteiger partial charge on any atom is 0.404 e. The number of nitrogens with one attached hydrogen (secondary N) is 1. The van der Waals surface area contributed by atoms with Crippen molar-refractivity contribution in [2.45, 2.75) is 89.7 Å². The number of benzene rings is 1. The normalized spacial score (nSPS) is 20.8. The first-order valence-corrected chi connectivity index (χ1v) is 18.6. The van der Waals surface area contributed by atoms with Gasteiger partial charge in [-0.2, -0.15) is 5.10 Å². The van der Waals surface area contributed by atoms with Crippen LogP contribution < -0.4 is 10.2 Å². The highest BCUT2D eigenvalue weighted by atomic mass is 35.5. The number of nitrogens with zero attached hydrogens (tertiary/aromatic N) is 6. The summed E-state index contributed by atoms with van der Waals surface area (Å²) in [5.74, 6) is 0.831. The molecule has 2 bridgehead atoms. The van der Waals surface area contributed by atoms with Gasteiger partial charge in [-0.05, 0) is 44.7 Å². The zero-order chi connectivity index (χ0) is 28.9. The van der Waals surface area contributed by atoms with E-state index in [9.17, 15) is 9.90 Å². The molecule has 2 saturated heterocycles. The molecule has 2 unspecified atom stereocenters. The Labute approximate surface area is 245 Å². The van der Waals surface area contributed by atoms with Gasteiger partial charge in [0.2, 0.25) is 0 Å². The van der Waals surface area contributed by atoms with Crippen molar-refractivity contribution in [1.82, 2.24) is 29.6 Å². The van der Waals surface area contributed by atoms with Crippen LogP contribution in [0.4, 0.5) is 10.6 Å². The number of halogens is 1. The highest BCUT2D eigenvalue weighted by Crippen LogP contribution is 2.41. The molecule has 2 aliphatic heterocycles. The van der Waals surface area contributed by atoms with Crippen molar-refractivity contribution in [2.75, 3.05) is 11.5 Å². The first-order chi connectivity index (χ1) is 19.6. The van der Waals surface area contributed by atoms with E-state index < -0.39 is 14.2 Å². The fraction of sp³-hybridized carbons (Fsp3) is 0.517. The number of fused-ring (bicyclic) bond motifs is 4. The van der Waals surface area contributed by atoms with Gasteiger partial charge in [0.05, 0.1) is 16.7 Å². The Bertz CT molecular complexity index is 1580. The van der Waals surface area contributed by atoms with Crippen LogP contribution in [0.2, 0.25) is 30.7 Å². The summed E-state index contributed by atoms with van der Waals surface area (Å²) in [5, 5.41) is 18.1. The van der Waals surface area contributed by atoms with Crippen molar-refractivity contribution < 1.29 is 14.6 Å². The third-order valence-electron chi connectivity index (χ3n) is 8.39. The van der Waals surface area contributed by atoms with Gasteiger partial charge in [-0.1, -0.05) is 37.3 Å². The van der Waals surface area contributed by atoms with Crippen molar-refractivity contribution in [2.24, 2.45) is 0 Å². The average Bonchev–Trinajstić information content (AvgIpc) is 3.58. The smallest absolute Gasteiger partial charge is 0.404 e. The van der Waals surface area contributed by atoms with Crippen molar-refractivity contribution in [3.63, 3.8) is 0 Å². The number of aryl methyl sites for hydroxylation is 1. The van der Waals surface area contributed by atoms with E-state index in [-0.39, 0.29) is 18.1 Å². The van der Waals surface area contributed by atoms with Crippen LogP contribution in [0.3, 0.4) is 0 Å². The van der Waals surface area contributed by atoms with E-state index in [0.717, 1.165) is 77.3 Å². The van der Waals surface area contributed by atoms with Crippen LogP contribution in [-0.2, 0) is 18.0 Å². The van der Waals surface area contributed by atoms with E-state index >= 15 is 0 Å². The van der Waals surface area contributed by atoms with Crippen molar-refractivity contribution in [1.29, 1.82) is 0 Å². The minimum absolute atomic E-state index is 0.0257. The number of aromatic nitrogens is 5. The number of ether oxygens (including phenoxy) is 1. The minimum Gasteiger partial charge on any atom is -0.465 e. The molecule has 5 heterocycles. The molecule has 0 aliphatic carbocycles. The predicted molar refractivity (Wildman–Crippen MR) is 165 cm³/mol. The van der Waals surface area contributed by atoms with E-state index in [4.69, 9.17) is 26.3 Å². The molecule has 0 spiro atoms. The molecule has 3 aromatic heterocycles. The predicted octanol–water partition coefficient (Wildman–Crippen LogP) is 6.20. The van der Waals surface area contributed by atoms with Gasteiger partial charge in [-0.3, -0.25) is 4.68 Å². The average molecular weight is 596 g/mol. The number of carboxylic acid groups (broad SMARTS) is 1. The second-order valence-electron chi connectivity index (χ2n) is 12.5. The van der Waals surface area contributed by atoms with E-state index in [1.165, 1.54) is 0 Å². The number of rotatable bonds is 9. The molecule has 1 aromatic carbocycles. The molecule has 6 rings (SSSR count). The van der Waals surface area contributed by atoms with E-state index in [1.54, 1.807) is 0 Å². The second kappa shape index (κ2) is 10.9. The molecule has 41 heavy (non-hydrogen) atoms. The maximum absolute atomic E-state index is 11.3. The summed E-state index contributed by atoms with van der Waals surface area (Å²) in [5.41, 5.74) is 4.21. The SMILES string of the molecule is CCn1cc2c(Cl)c(-c3cn(COCC[Si](C)(C)C)c4nc(N5C6CCC5CC(NC(=O)O)C6)cnc34)ccc2n1. The van der Waals surface area contributed by atoms with Gasteiger partial charge < -0.3 is 24.6 Å². The Morgan fingerprint density at radius 1 is 1.17 bits per heavy atom. The monoisotopic (exact) mass is 595 g/mol. The Morgan fingerprint density at radius 2 is 1.93 bits per heavy atom. The molecule has 2 fully saturated rings. The first kappa shape index (κ1) is 28.0. The minimum atomic E-state index is -1.22. The third-order valence-corrected chi connectivity index (χ3v) is 10.5. The maximum atomic E-state index is 11.3. The molecule has 2 N–H and O–H groups in total. The van der Waals surface area contributed by atoms with Crippen LogP contribution in [0, 0.1) is 0 Å². The molecule has 1 amide bonds. The molecular formula is C29H38ClN7O3Si. The highest BCUT2D eigenvalue weighted by Gasteiger charge is 2.42. The standard InChI is InChI=1S/C29H38ClN7O3Si/c1-5-36-16-23-24(34-36)9-8-21(26(23)30)22-15-35(17-40-10-11-41(2,3)4)28-27(22)31-14-25(33-28)37-19-6-7-20(37)13-18(12-19)32-29(38)39/h8-9,14-16,18-20,32H,5-7,10-13,17H2,1-4H3,(H,38,39). The summed E-state index contributed by atoms with van der Waals surface area (Å²) in [7, 11) is -1.22. The summed E-state index contributed by atoms with van der Waals surface area (Å²) in [6, 6.07) is 5.55. The lowest BCUT2D eigenvalue weighted by Gasteiger charge is -2.39. The summed E-state index contributed by atoms with van der Waals surface area (Å²) in [6.07, 6.45) is 8.54. The molecule has 10 nitrogen and oxygen atoms in total. The number of hydrogen-bond donors (Lipinski definition) is 2. The molecule has 218 valence electrons. The van der Waals surface area contributed by atoms with Crippen LogP contribution in [0.1, 0.15) is 32.6 Å². The van der Waals surface area contributed by atoms with E-state index in [2.05, 4.69) is 48.1 Å². The molecule has 4 aromatic rings. The fourth-order valence-corrected chi connectivity index (χ4v) is 7.39. The quantitative estimate of drug-likeness (QED) is 0.175. The van der Waals surface area contributed by atoms with E-state index in [0.29, 0.717) is 18.4 Å². The molecule has 0 radical (unpaired) electrons. The summed E-state index contributed by atoms with van der Waals surface area (Å²) in [4.78, 5) is 23.7. The van der Waals surface area contributed by atoms with Crippen LogP contribution in [-0.4, -0.2) is 68.3 Å². The number of carbonyl (C=O) groups is 1. The van der Waals surface area contributed by atoms with Gasteiger partial charge in [0, 0.05) is 68.3 Å². The molecule has 2 aliphatic rings. The Hall–Kier alpha value is -3.15. The summed E-state index contributed by atoms with van der Waals surface area (Å²) in [6.45, 7) is 11.0. The molecule has 12 heteroatoms. The van der Waals surface area contributed by atoms with Crippen molar-refractivity contribution >= 4 is 53.7 Å². The van der Waals surface area contributed by atoms with Gasteiger partial charge in [0.25, 0.3) is 0 Å². The largest absolute Gasteiger partial charge is 0.465 e. The summed E-state index contributed by atoms with van der Waals surface area (Å²) >= 11 is 6.99. The van der Waals surface area contributed by atoms with Crippen molar-refractivity contribution in [3.05, 3.63) is 35.7 Å². The number of amides is 1. The lowest BCUT2D eigenvalue weighted by molar-refractivity contribution is 0.0899. The van der Waals surface area contributed by atoms with Crippen LogP contribution in [0.25, 0.3) is 33.2 Å². The Balaban J connectivity index is 1.37. The molecule has 2 atom stereocenters. The lowest BCUT2D eigenvalue weighted by atomic mass is 9.97. The van der Waals surface area contributed by atoms with Crippen LogP contribution >= 0.6 is 11.6 Å². The van der Waals surface area contributed by atoms with Gasteiger partial charge in [-0.15, -0.1) is 0 Å². The summed E-state index contributed by atoms with van der Waals surface area (Å²) < 4.78 is 10.1. The third kappa shape index (κ3) is 5.54. The van der Waals surface area contributed by atoms with Crippen LogP contribution in [0.15, 0.2) is 30.7 Å².